The van der Waals surface area contributed by atoms with Gasteiger partial charge in [-0.15, -0.1) is 0 Å². The van der Waals surface area contributed by atoms with Crippen molar-refractivity contribution in [2.45, 2.75) is 20.3 Å². The van der Waals surface area contributed by atoms with Gasteiger partial charge in [-0.25, -0.2) is 9.59 Å². The number of carboxylic acids is 1. The molecule has 1 aromatic rings. The summed E-state index contributed by atoms with van der Waals surface area (Å²) < 4.78 is 4.99. The Bertz CT molecular complexity index is 445. The lowest BCUT2D eigenvalue weighted by atomic mass is 10.1. The molecule has 0 fully saturated rings. The summed E-state index contributed by atoms with van der Waals surface area (Å²) in [5.41, 5.74) is 0.620. The lowest BCUT2D eigenvalue weighted by Crippen LogP contribution is -2.32. The van der Waals surface area contributed by atoms with Crippen LogP contribution in [0.25, 0.3) is 0 Å². The zero-order valence-corrected chi connectivity index (χ0v) is 11.7. The van der Waals surface area contributed by atoms with Crippen molar-refractivity contribution in [1.82, 2.24) is 5.32 Å². The van der Waals surface area contributed by atoms with Gasteiger partial charge in [0, 0.05) is 12.2 Å². The number of carbonyl (C=O) groups excluding carboxylic acids is 1. The second-order valence-corrected chi connectivity index (χ2v) is 4.56. The molecule has 6 nitrogen and oxygen atoms in total. The molecule has 3 N–H and O–H groups in total. The first kappa shape index (κ1) is 15.8. The average Bonchev–Trinajstić information content (AvgIpc) is 2.44. The molecule has 0 radical (unpaired) electrons. The fourth-order valence-electron chi connectivity index (χ4n) is 1.37. The molecule has 0 saturated carbocycles. The van der Waals surface area contributed by atoms with Crippen LogP contribution in [0.3, 0.4) is 0 Å². The molecule has 1 rings (SSSR count). The summed E-state index contributed by atoms with van der Waals surface area (Å²) in [5.74, 6) is -0.151. The van der Waals surface area contributed by atoms with Gasteiger partial charge >= 0.3 is 12.0 Å². The molecule has 1 aromatic carbocycles. The molecular formula is C14H20N2O4. The summed E-state index contributed by atoms with van der Waals surface area (Å²) >= 11 is 0. The zero-order valence-electron chi connectivity index (χ0n) is 11.7. The topological polar surface area (TPSA) is 87.7 Å². The first-order valence-electron chi connectivity index (χ1n) is 6.50. The van der Waals surface area contributed by atoms with E-state index in [0.29, 0.717) is 23.9 Å². The molecule has 110 valence electrons. The van der Waals surface area contributed by atoms with E-state index in [-0.39, 0.29) is 12.6 Å². The minimum Gasteiger partial charge on any atom is -0.482 e. The number of rotatable bonds is 7. The van der Waals surface area contributed by atoms with Gasteiger partial charge in [0.1, 0.15) is 5.75 Å². The molecule has 2 amide bonds. The minimum atomic E-state index is -1.03. The molecule has 0 spiro atoms. The Morgan fingerprint density at radius 1 is 1.30 bits per heavy atom. The van der Waals surface area contributed by atoms with Crippen LogP contribution in [0, 0.1) is 5.92 Å². The summed E-state index contributed by atoms with van der Waals surface area (Å²) in [6, 6.07) is 6.25. The lowest BCUT2D eigenvalue weighted by molar-refractivity contribution is -0.139. The van der Waals surface area contributed by atoms with Gasteiger partial charge in [-0.2, -0.15) is 0 Å². The van der Waals surface area contributed by atoms with Crippen LogP contribution in [0.5, 0.6) is 5.75 Å². The normalized spacial score (nSPS) is 11.5. The maximum Gasteiger partial charge on any atom is 0.341 e. The smallest absolute Gasteiger partial charge is 0.341 e. The number of hydrogen-bond acceptors (Lipinski definition) is 3. The second kappa shape index (κ2) is 8.04. The molecular weight excluding hydrogens is 260 g/mol. The number of carbonyl (C=O) groups is 2. The van der Waals surface area contributed by atoms with Gasteiger partial charge in [0.15, 0.2) is 6.61 Å². The van der Waals surface area contributed by atoms with E-state index in [0.717, 1.165) is 6.42 Å². The van der Waals surface area contributed by atoms with Gasteiger partial charge in [0.25, 0.3) is 0 Å². The van der Waals surface area contributed by atoms with Gasteiger partial charge in [-0.3, -0.25) is 0 Å². The van der Waals surface area contributed by atoms with E-state index in [2.05, 4.69) is 24.5 Å². The molecule has 0 aliphatic carbocycles. The maximum atomic E-state index is 11.6. The van der Waals surface area contributed by atoms with Crippen LogP contribution in [0.15, 0.2) is 24.3 Å². The first-order valence-corrected chi connectivity index (χ1v) is 6.50. The summed E-state index contributed by atoms with van der Waals surface area (Å²) in [6.07, 6.45) is 1.01. The molecule has 6 heteroatoms. The van der Waals surface area contributed by atoms with Crippen molar-refractivity contribution in [3.8, 4) is 5.75 Å². The fourth-order valence-corrected chi connectivity index (χ4v) is 1.37. The number of urea groups is 1. The number of anilines is 1. The highest BCUT2D eigenvalue weighted by molar-refractivity contribution is 5.89. The van der Waals surface area contributed by atoms with Gasteiger partial charge in [0.2, 0.25) is 0 Å². The van der Waals surface area contributed by atoms with Crippen molar-refractivity contribution in [3.05, 3.63) is 24.3 Å². The van der Waals surface area contributed by atoms with E-state index in [9.17, 15) is 9.59 Å². The monoisotopic (exact) mass is 280 g/mol. The number of nitrogens with one attached hydrogen (secondary N) is 2. The molecule has 0 saturated heterocycles. The van der Waals surface area contributed by atoms with Crippen molar-refractivity contribution in [2.75, 3.05) is 18.5 Å². The number of amides is 2. The van der Waals surface area contributed by atoms with E-state index >= 15 is 0 Å². The van der Waals surface area contributed by atoms with E-state index in [1.165, 1.54) is 0 Å². The van der Waals surface area contributed by atoms with Gasteiger partial charge < -0.3 is 20.5 Å². The molecule has 0 bridgehead atoms. The van der Waals surface area contributed by atoms with Crippen molar-refractivity contribution in [1.29, 1.82) is 0 Å². The Balaban J connectivity index is 2.40. The molecule has 1 atom stereocenters. The van der Waals surface area contributed by atoms with Crippen LogP contribution < -0.4 is 15.4 Å². The molecule has 0 heterocycles. The van der Waals surface area contributed by atoms with E-state index in [1.807, 2.05) is 0 Å². The second-order valence-electron chi connectivity index (χ2n) is 4.56. The first-order chi connectivity index (χ1) is 9.51. The van der Waals surface area contributed by atoms with Crippen LogP contribution in [0.4, 0.5) is 10.5 Å². The van der Waals surface area contributed by atoms with Crippen LogP contribution in [0.1, 0.15) is 20.3 Å². The highest BCUT2D eigenvalue weighted by atomic mass is 16.5. The minimum absolute atomic E-state index is 0.260. The highest BCUT2D eigenvalue weighted by Crippen LogP contribution is 2.15. The maximum absolute atomic E-state index is 11.6. The highest BCUT2D eigenvalue weighted by Gasteiger charge is 2.04. The largest absolute Gasteiger partial charge is 0.482 e. The van der Waals surface area contributed by atoms with E-state index in [4.69, 9.17) is 9.84 Å². The van der Waals surface area contributed by atoms with Gasteiger partial charge in [-0.1, -0.05) is 20.3 Å². The van der Waals surface area contributed by atoms with Crippen LogP contribution >= 0.6 is 0 Å². The molecule has 0 aliphatic heterocycles. The zero-order chi connectivity index (χ0) is 15.0. The molecule has 1 unspecified atom stereocenters. The molecule has 20 heavy (non-hydrogen) atoms. The van der Waals surface area contributed by atoms with Crippen LogP contribution in [-0.4, -0.2) is 30.3 Å². The lowest BCUT2D eigenvalue weighted by Gasteiger charge is -2.11. The fraction of sp³-hybridized carbons (Fsp3) is 0.429. The number of benzene rings is 1. The number of carboxylic acid groups (broad SMARTS) is 1. The summed E-state index contributed by atoms with van der Waals surface area (Å²) in [5, 5.41) is 14.0. The van der Waals surface area contributed by atoms with Crippen molar-refractivity contribution in [2.24, 2.45) is 5.92 Å². The molecule has 0 aromatic heterocycles. The Kier molecular flexibility index (Phi) is 6.36. The van der Waals surface area contributed by atoms with Crippen LogP contribution in [-0.2, 0) is 4.79 Å². The standard InChI is InChI=1S/C14H20N2O4/c1-3-10(2)8-15-14(19)16-11-4-6-12(7-5-11)20-9-13(17)18/h4-7,10H,3,8-9H2,1-2H3,(H,17,18)(H2,15,16,19). The Labute approximate surface area is 118 Å². The predicted octanol–water partition coefficient (Wildman–Crippen LogP) is 2.32. The third kappa shape index (κ3) is 6.08. The van der Waals surface area contributed by atoms with Crippen molar-refractivity contribution >= 4 is 17.7 Å². The van der Waals surface area contributed by atoms with Gasteiger partial charge in [-0.05, 0) is 30.2 Å². The average molecular weight is 280 g/mol. The van der Waals surface area contributed by atoms with Crippen molar-refractivity contribution < 1.29 is 19.4 Å². The Morgan fingerprint density at radius 3 is 2.50 bits per heavy atom. The van der Waals surface area contributed by atoms with E-state index < -0.39 is 5.97 Å². The number of ether oxygens (including phenoxy) is 1. The summed E-state index contributed by atoms with van der Waals surface area (Å²) in [4.78, 5) is 21.9. The third-order valence-electron chi connectivity index (χ3n) is 2.78. The Hall–Kier alpha value is -2.24. The van der Waals surface area contributed by atoms with Gasteiger partial charge in [0.05, 0.1) is 0 Å². The number of hydrogen-bond donors (Lipinski definition) is 3. The third-order valence-corrected chi connectivity index (χ3v) is 2.78. The summed E-state index contributed by atoms with van der Waals surface area (Å²) in [6.45, 7) is 4.37. The van der Waals surface area contributed by atoms with E-state index in [1.54, 1.807) is 24.3 Å². The molecule has 0 aliphatic rings. The van der Waals surface area contributed by atoms with Crippen LogP contribution in [0.2, 0.25) is 0 Å². The Morgan fingerprint density at radius 2 is 1.95 bits per heavy atom. The van der Waals surface area contributed by atoms with Crippen molar-refractivity contribution in [3.63, 3.8) is 0 Å². The predicted molar refractivity (Wildman–Crippen MR) is 76.0 cm³/mol. The quantitative estimate of drug-likeness (QED) is 0.715. The SMILES string of the molecule is CCC(C)CNC(=O)Nc1ccc(OCC(=O)O)cc1. The summed E-state index contributed by atoms with van der Waals surface area (Å²) in [7, 11) is 0. The number of aliphatic carboxylic acids is 1.